The van der Waals surface area contributed by atoms with Crippen molar-refractivity contribution in [2.75, 3.05) is 6.54 Å². The zero-order valence-corrected chi connectivity index (χ0v) is 25.2. The number of carbonyl (C=O) groups excluding carboxylic acids is 1. The van der Waals surface area contributed by atoms with Gasteiger partial charge in [-0.2, -0.15) is 4.72 Å². The molecule has 5 rings (SSSR count). The van der Waals surface area contributed by atoms with E-state index in [-0.39, 0.29) is 21.9 Å². The van der Waals surface area contributed by atoms with Crippen LogP contribution in [0.3, 0.4) is 0 Å². The summed E-state index contributed by atoms with van der Waals surface area (Å²) in [7, 11) is -4.15. The second-order valence-electron chi connectivity index (χ2n) is 10.7. The largest absolute Gasteiger partial charge is 0.361 e. The van der Waals surface area contributed by atoms with Crippen molar-refractivity contribution in [2.45, 2.75) is 61.3 Å². The maximum Gasteiger partial charge on any atom is 0.243 e. The van der Waals surface area contributed by atoms with Gasteiger partial charge in [-0.15, -0.1) is 0 Å². The molecule has 0 bridgehead atoms. The first kappa shape index (κ1) is 28.7. The Morgan fingerprint density at radius 1 is 1.12 bits per heavy atom. The summed E-state index contributed by atoms with van der Waals surface area (Å²) in [5.74, 6) is -0.414. The minimum atomic E-state index is -4.15. The van der Waals surface area contributed by atoms with Crippen molar-refractivity contribution in [1.29, 1.82) is 0 Å². The summed E-state index contributed by atoms with van der Waals surface area (Å²) in [6.45, 7) is 1.98. The molecule has 0 saturated heterocycles. The molecule has 1 saturated carbocycles. The lowest BCUT2D eigenvalue weighted by atomic mass is 9.71. The molecule has 3 aromatic heterocycles. The van der Waals surface area contributed by atoms with Crippen molar-refractivity contribution in [3.63, 3.8) is 0 Å². The van der Waals surface area contributed by atoms with E-state index < -0.39 is 21.5 Å². The molecule has 1 amide bonds. The van der Waals surface area contributed by atoms with Crippen molar-refractivity contribution in [3.05, 3.63) is 88.0 Å². The van der Waals surface area contributed by atoms with Gasteiger partial charge in [0, 0.05) is 53.6 Å². The number of para-hydroxylation sites is 1. The van der Waals surface area contributed by atoms with E-state index in [9.17, 15) is 13.2 Å². The molecule has 3 heterocycles. The first-order chi connectivity index (χ1) is 19.1. The molecule has 1 fully saturated rings. The SMILES string of the molecule is C[C@@](Cc1c[nH]c2ccccc12)(NS(=O)(=O)c1cnc(Cl)c(Br)c1)C(=O)NCC1(c2ccccn2)CCCCC1. The molecule has 0 radical (unpaired) electrons. The Bertz CT molecular complexity index is 1620. The summed E-state index contributed by atoms with van der Waals surface area (Å²) in [6.07, 6.45) is 9.94. The first-order valence-corrected chi connectivity index (χ1v) is 15.9. The third-order valence-electron chi connectivity index (χ3n) is 7.77. The van der Waals surface area contributed by atoms with Gasteiger partial charge in [-0.05, 0) is 65.5 Å². The third kappa shape index (κ3) is 5.95. The number of carbonyl (C=O) groups is 1. The lowest BCUT2D eigenvalue weighted by Gasteiger charge is -2.38. The highest BCUT2D eigenvalue weighted by molar-refractivity contribution is 9.10. The zero-order chi connectivity index (χ0) is 28.4. The smallest absolute Gasteiger partial charge is 0.243 e. The Labute approximate surface area is 247 Å². The lowest BCUT2D eigenvalue weighted by Crippen LogP contribution is -2.59. The van der Waals surface area contributed by atoms with Gasteiger partial charge in [-0.25, -0.2) is 13.4 Å². The number of hydrogen-bond donors (Lipinski definition) is 3. The van der Waals surface area contributed by atoms with Gasteiger partial charge in [-0.3, -0.25) is 9.78 Å². The van der Waals surface area contributed by atoms with Gasteiger partial charge in [-0.1, -0.05) is 55.1 Å². The molecule has 0 unspecified atom stereocenters. The van der Waals surface area contributed by atoms with Crippen LogP contribution in [0.1, 0.15) is 50.3 Å². The zero-order valence-electron chi connectivity index (χ0n) is 22.1. The molecule has 210 valence electrons. The number of H-pyrrole nitrogens is 1. The highest BCUT2D eigenvalue weighted by Gasteiger charge is 2.41. The summed E-state index contributed by atoms with van der Waals surface area (Å²) >= 11 is 9.24. The number of nitrogens with zero attached hydrogens (tertiary/aromatic N) is 2. The van der Waals surface area contributed by atoms with Gasteiger partial charge in [0.15, 0.2) is 0 Å². The summed E-state index contributed by atoms with van der Waals surface area (Å²) in [5.41, 5.74) is 0.857. The quantitative estimate of drug-likeness (QED) is 0.203. The van der Waals surface area contributed by atoms with Crippen LogP contribution < -0.4 is 10.0 Å². The predicted octanol–water partition coefficient (Wildman–Crippen LogP) is 5.67. The van der Waals surface area contributed by atoms with Crippen molar-refractivity contribution in [3.8, 4) is 0 Å². The van der Waals surface area contributed by atoms with Crippen LogP contribution in [0.15, 0.2) is 76.5 Å². The van der Waals surface area contributed by atoms with E-state index in [0.717, 1.165) is 54.3 Å². The van der Waals surface area contributed by atoms with Crippen molar-refractivity contribution in [1.82, 2.24) is 25.0 Å². The maximum absolute atomic E-state index is 14.1. The highest BCUT2D eigenvalue weighted by atomic mass is 79.9. The average Bonchev–Trinajstić information content (AvgIpc) is 3.36. The molecule has 40 heavy (non-hydrogen) atoms. The van der Waals surface area contributed by atoms with Crippen molar-refractivity contribution >= 4 is 54.4 Å². The molecule has 1 aliphatic carbocycles. The van der Waals surface area contributed by atoms with Crippen molar-refractivity contribution < 1.29 is 13.2 Å². The number of halogens is 2. The number of aromatic nitrogens is 3. The highest BCUT2D eigenvalue weighted by Crippen LogP contribution is 2.38. The summed E-state index contributed by atoms with van der Waals surface area (Å²) in [5, 5.41) is 4.19. The number of aromatic amines is 1. The van der Waals surface area contributed by atoms with E-state index in [2.05, 4.69) is 40.9 Å². The fraction of sp³-hybridized carbons (Fsp3) is 0.345. The predicted molar refractivity (Wildman–Crippen MR) is 160 cm³/mol. The number of amides is 1. The maximum atomic E-state index is 14.1. The number of pyridine rings is 2. The molecule has 0 spiro atoms. The number of fused-ring (bicyclic) bond motifs is 1. The fourth-order valence-corrected chi connectivity index (χ4v) is 7.54. The molecule has 8 nitrogen and oxygen atoms in total. The molecule has 0 aliphatic heterocycles. The molecule has 11 heteroatoms. The summed E-state index contributed by atoms with van der Waals surface area (Å²) < 4.78 is 30.2. The number of hydrogen-bond acceptors (Lipinski definition) is 5. The molecule has 4 aromatic rings. The monoisotopic (exact) mass is 643 g/mol. The molecular formula is C29H31BrClN5O3S. The lowest BCUT2D eigenvalue weighted by molar-refractivity contribution is -0.126. The van der Waals surface area contributed by atoms with Gasteiger partial charge in [0.25, 0.3) is 0 Å². The van der Waals surface area contributed by atoms with Crippen molar-refractivity contribution in [2.24, 2.45) is 0 Å². The first-order valence-electron chi connectivity index (χ1n) is 13.2. The Morgan fingerprint density at radius 3 is 2.60 bits per heavy atom. The minimum absolute atomic E-state index is 0.0982. The average molecular weight is 645 g/mol. The van der Waals surface area contributed by atoms with Crippen LogP contribution in [0.25, 0.3) is 10.9 Å². The number of rotatable bonds is 9. The van der Waals surface area contributed by atoms with Gasteiger partial charge in [0.1, 0.15) is 15.6 Å². The molecule has 1 aromatic carbocycles. The van der Waals surface area contributed by atoms with E-state index in [4.69, 9.17) is 11.6 Å². The standard InChI is InChI=1S/C29H31BrClN5O3S/c1-28(16-20-17-33-24-10-4-3-9-22(20)24,36-40(38,39)21-15-23(30)26(31)34-18-21)27(37)35-19-29(12-6-2-7-13-29)25-11-5-8-14-32-25/h3-5,8-11,14-15,17-18,33,36H,2,6-7,12-13,16,19H2,1H3,(H,35,37)/t28-/m0/s1. The van der Waals surface area contributed by atoms with E-state index in [1.807, 2.05) is 48.7 Å². The van der Waals surface area contributed by atoms with Crippen LogP contribution in [0, 0.1) is 0 Å². The van der Waals surface area contributed by atoms with Crippen LogP contribution in [0.5, 0.6) is 0 Å². The third-order valence-corrected chi connectivity index (χ3v) is 10.5. The van der Waals surface area contributed by atoms with Gasteiger partial charge >= 0.3 is 0 Å². The van der Waals surface area contributed by atoms with E-state index in [1.54, 1.807) is 13.1 Å². The van der Waals surface area contributed by atoms with Gasteiger partial charge < -0.3 is 10.3 Å². The molecule has 1 atom stereocenters. The van der Waals surface area contributed by atoms with E-state index in [1.165, 1.54) is 12.3 Å². The Kier molecular flexibility index (Phi) is 8.33. The van der Waals surface area contributed by atoms with Gasteiger partial charge in [0.05, 0.1) is 4.47 Å². The van der Waals surface area contributed by atoms with E-state index in [0.29, 0.717) is 11.0 Å². The summed E-state index contributed by atoms with van der Waals surface area (Å²) in [4.78, 5) is 25.8. The van der Waals surface area contributed by atoms with Crippen LogP contribution >= 0.6 is 27.5 Å². The van der Waals surface area contributed by atoms with Crippen LogP contribution in [-0.2, 0) is 26.7 Å². The van der Waals surface area contributed by atoms with Crippen LogP contribution in [0.4, 0.5) is 0 Å². The second-order valence-corrected chi connectivity index (χ2v) is 13.6. The number of nitrogens with one attached hydrogen (secondary N) is 3. The van der Waals surface area contributed by atoms with Crippen LogP contribution in [-0.4, -0.2) is 41.4 Å². The Hall–Kier alpha value is -2.79. The van der Waals surface area contributed by atoms with Crippen LogP contribution in [0.2, 0.25) is 5.15 Å². The van der Waals surface area contributed by atoms with Gasteiger partial charge in [0.2, 0.25) is 15.9 Å². The molecule has 1 aliphatic rings. The Morgan fingerprint density at radius 2 is 1.88 bits per heavy atom. The number of benzene rings is 1. The summed E-state index contributed by atoms with van der Waals surface area (Å²) in [6, 6.07) is 15.0. The number of sulfonamides is 1. The van der Waals surface area contributed by atoms with E-state index >= 15 is 0 Å². The topological polar surface area (TPSA) is 117 Å². The molecule has 3 N–H and O–H groups in total. The Balaban J connectivity index is 1.47. The molecular weight excluding hydrogens is 614 g/mol. The second kappa shape index (κ2) is 11.6. The normalized spacial score (nSPS) is 16.9. The minimum Gasteiger partial charge on any atom is -0.361 e. The fourth-order valence-electron chi connectivity index (χ4n) is 5.60.